The van der Waals surface area contributed by atoms with E-state index in [-0.39, 0.29) is 0 Å². The Hall–Kier alpha value is -2.14. The number of aromatic nitrogens is 2. The Morgan fingerprint density at radius 2 is 1.79 bits per heavy atom. The van der Waals surface area contributed by atoms with Crippen LogP contribution in [0.1, 0.15) is 24.3 Å². The summed E-state index contributed by atoms with van der Waals surface area (Å²) in [5.41, 5.74) is 7.31. The monoisotopic (exact) mass is 321 g/mol. The summed E-state index contributed by atoms with van der Waals surface area (Å²) in [6, 6.07) is 14.1. The van der Waals surface area contributed by atoms with Crippen LogP contribution in [0, 0.1) is 5.92 Å². The first-order valence-electron chi connectivity index (χ1n) is 8.95. The maximum absolute atomic E-state index is 5.86. The molecule has 0 saturated carbocycles. The van der Waals surface area contributed by atoms with E-state index in [0.717, 1.165) is 18.3 Å². The molecule has 0 spiro atoms. The van der Waals surface area contributed by atoms with Gasteiger partial charge in [0, 0.05) is 30.7 Å². The van der Waals surface area contributed by atoms with E-state index < -0.39 is 0 Å². The van der Waals surface area contributed by atoms with Gasteiger partial charge in [0.2, 0.25) is 5.95 Å². The lowest BCUT2D eigenvalue weighted by Crippen LogP contribution is -2.60. The summed E-state index contributed by atoms with van der Waals surface area (Å²) in [7, 11) is 0. The molecule has 0 amide bonds. The molecular weight excluding hydrogens is 298 g/mol. The average Bonchev–Trinajstić information content (AvgIpc) is 3.06. The topological polar surface area (TPSA) is 58.3 Å². The minimum absolute atomic E-state index is 0.369. The third-order valence-electron chi connectivity index (χ3n) is 6.18. The maximum Gasteiger partial charge on any atom is 0.221 e. The van der Waals surface area contributed by atoms with Gasteiger partial charge in [-0.2, -0.15) is 4.98 Å². The second-order valence-electron chi connectivity index (χ2n) is 7.30. The second-order valence-corrected chi connectivity index (χ2v) is 7.30. The molecule has 2 N–H and O–H groups in total. The van der Waals surface area contributed by atoms with Gasteiger partial charge in [-0.1, -0.05) is 30.3 Å². The molecule has 24 heavy (non-hydrogen) atoms. The highest BCUT2D eigenvalue weighted by molar-refractivity contribution is 5.48. The zero-order valence-electron chi connectivity index (χ0n) is 13.8. The molecule has 2 bridgehead atoms. The van der Waals surface area contributed by atoms with Crippen LogP contribution in [0.25, 0.3) is 0 Å². The van der Waals surface area contributed by atoms with Crippen LogP contribution < -0.4 is 10.6 Å². The average molecular weight is 321 g/mol. The van der Waals surface area contributed by atoms with E-state index >= 15 is 0 Å². The van der Waals surface area contributed by atoms with Gasteiger partial charge < -0.3 is 10.6 Å². The van der Waals surface area contributed by atoms with Crippen LogP contribution in [0.2, 0.25) is 0 Å². The van der Waals surface area contributed by atoms with Gasteiger partial charge in [0.1, 0.15) is 5.82 Å². The van der Waals surface area contributed by atoms with Crippen LogP contribution in [0.5, 0.6) is 0 Å². The summed E-state index contributed by atoms with van der Waals surface area (Å²) < 4.78 is 0. The lowest BCUT2D eigenvalue weighted by molar-refractivity contribution is 0.0354. The Morgan fingerprint density at radius 1 is 1.00 bits per heavy atom. The number of fused-ring (bicyclic) bond motifs is 2. The summed E-state index contributed by atoms with van der Waals surface area (Å²) >= 11 is 0. The molecule has 4 aliphatic heterocycles. The zero-order chi connectivity index (χ0) is 16.1. The summed E-state index contributed by atoms with van der Waals surface area (Å²) in [5.74, 6) is 2.67. The number of piperidine rings is 3. The number of nitrogen functional groups attached to an aromatic ring is 1. The zero-order valence-corrected chi connectivity index (χ0v) is 13.8. The number of nitrogens with zero attached hydrogens (tertiary/aromatic N) is 4. The highest BCUT2D eigenvalue weighted by atomic mass is 15.3. The molecule has 5 heterocycles. The lowest BCUT2D eigenvalue weighted by Gasteiger charge is -2.51. The van der Waals surface area contributed by atoms with Gasteiger partial charge in [-0.25, -0.2) is 4.98 Å². The van der Waals surface area contributed by atoms with Crippen LogP contribution in [0.4, 0.5) is 11.8 Å². The third-order valence-corrected chi connectivity index (χ3v) is 6.18. The van der Waals surface area contributed by atoms with E-state index in [1.54, 1.807) is 6.20 Å². The van der Waals surface area contributed by atoms with Gasteiger partial charge in [-0.3, -0.25) is 4.90 Å². The molecule has 124 valence electrons. The van der Waals surface area contributed by atoms with E-state index in [0.29, 0.717) is 23.9 Å². The SMILES string of the molecule is Nc1nccc(N2C[C@@H](c3ccccc3)[C@@H]3[C@H]2C2CCN3CC2)n1. The normalized spacial score (nSPS) is 34.3. The molecule has 0 aliphatic carbocycles. The quantitative estimate of drug-likeness (QED) is 0.918. The molecule has 5 nitrogen and oxygen atoms in total. The fourth-order valence-corrected chi connectivity index (χ4v) is 5.20. The molecule has 1 aromatic carbocycles. The molecule has 0 radical (unpaired) electrons. The van der Waals surface area contributed by atoms with Crippen LogP contribution in [0.15, 0.2) is 42.6 Å². The largest absolute Gasteiger partial charge is 0.368 e. The van der Waals surface area contributed by atoms with Crippen molar-refractivity contribution in [2.45, 2.75) is 30.8 Å². The summed E-state index contributed by atoms with van der Waals surface area (Å²) in [6.07, 6.45) is 4.39. The van der Waals surface area contributed by atoms with Gasteiger partial charge in [0.05, 0.1) is 0 Å². The van der Waals surface area contributed by atoms with Crippen molar-refractivity contribution in [3.05, 3.63) is 48.2 Å². The number of benzene rings is 1. The molecule has 5 heteroatoms. The molecule has 2 aromatic rings. The lowest BCUT2D eigenvalue weighted by atomic mass is 9.75. The highest BCUT2D eigenvalue weighted by Crippen LogP contribution is 2.47. The Labute approximate surface area is 142 Å². The first kappa shape index (κ1) is 14.2. The van der Waals surface area contributed by atoms with Crippen LogP contribution in [0.3, 0.4) is 0 Å². The van der Waals surface area contributed by atoms with Crippen LogP contribution >= 0.6 is 0 Å². The van der Waals surface area contributed by atoms with Crippen molar-refractivity contribution in [3.8, 4) is 0 Å². The van der Waals surface area contributed by atoms with Crippen molar-refractivity contribution in [3.63, 3.8) is 0 Å². The smallest absolute Gasteiger partial charge is 0.221 e. The highest BCUT2D eigenvalue weighted by Gasteiger charge is 2.53. The first-order chi connectivity index (χ1) is 11.8. The van der Waals surface area contributed by atoms with E-state index in [4.69, 9.17) is 5.73 Å². The van der Waals surface area contributed by atoms with Crippen molar-refractivity contribution < 1.29 is 0 Å². The van der Waals surface area contributed by atoms with Gasteiger partial charge in [0.15, 0.2) is 0 Å². The Balaban J connectivity index is 1.57. The third kappa shape index (κ3) is 2.11. The predicted octanol–water partition coefficient (Wildman–Crippen LogP) is 2.13. The van der Waals surface area contributed by atoms with Crippen molar-refractivity contribution in [1.82, 2.24) is 14.9 Å². The van der Waals surface area contributed by atoms with Crippen molar-refractivity contribution in [1.29, 1.82) is 0 Å². The van der Waals surface area contributed by atoms with Gasteiger partial charge in [0.25, 0.3) is 0 Å². The number of anilines is 2. The minimum atomic E-state index is 0.369. The van der Waals surface area contributed by atoms with Gasteiger partial charge in [-0.05, 0) is 43.5 Å². The Morgan fingerprint density at radius 3 is 2.54 bits per heavy atom. The maximum atomic E-state index is 5.86. The molecule has 1 aromatic heterocycles. The Bertz CT molecular complexity index is 726. The molecule has 0 unspecified atom stereocenters. The molecule has 6 rings (SSSR count). The number of hydrogen-bond acceptors (Lipinski definition) is 5. The molecule has 4 aliphatic rings. The van der Waals surface area contributed by atoms with Crippen LogP contribution in [-0.2, 0) is 0 Å². The van der Waals surface area contributed by atoms with E-state index in [1.807, 2.05) is 6.07 Å². The number of rotatable bonds is 2. The van der Waals surface area contributed by atoms with Gasteiger partial charge in [-0.15, -0.1) is 0 Å². The van der Waals surface area contributed by atoms with E-state index in [9.17, 15) is 0 Å². The number of nitrogens with two attached hydrogens (primary N) is 1. The summed E-state index contributed by atoms with van der Waals surface area (Å²) in [5, 5.41) is 0. The van der Waals surface area contributed by atoms with Gasteiger partial charge >= 0.3 is 0 Å². The minimum Gasteiger partial charge on any atom is -0.368 e. The fraction of sp³-hybridized carbons (Fsp3) is 0.474. The van der Waals surface area contributed by atoms with Crippen molar-refractivity contribution in [2.24, 2.45) is 5.92 Å². The predicted molar refractivity (Wildman–Crippen MR) is 94.8 cm³/mol. The Kier molecular flexibility index (Phi) is 3.23. The fourth-order valence-electron chi connectivity index (χ4n) is 5.20. The first-order valence-corrected chi connectivity index (χ1v) is 8.95. The van der Waals surface area contributed by atoms with Crippen molar-refractivity contribution in [2.75, 3.05) is 30.3 Å². The molecule has 4 saturated heterocycles. The van der Waals surface area contributed by atoms with E-state index in [2.05, 4.69) is 50.1 Å². The summed E-state index contributed by atoms with van der Waals surface area (Å²) in [4.78, 5) is 13.8. The van der Waals surface area contributed by atoms with Crippen LogP contribution in [-0.4, -0.2) is 46.6 Å². The van der Waals surface area contributed by atoms with E-state index in [1.165, 1.54) is 31.5 Å². The molecule has 4 fully saturated rings. The summed E-state index contributed by atoms with van der Waals surface area (Å²) in [6.45, 7) is 3.51. The second kappa shape index (κ2) is 5.45. The standard InChI is InChI=1S/C19H23N5/c20-19-21-9-6-16(22-19)24-12-15(13-4-2-1-3-5-13)18-17(24)14-7-10-23(18)11-8-14/h1-6,9,14-15,17-18H,7-8,10-12H2,(H2,20,21,22)/t15-,17+,18+/m0/s1. The van der Waals surface area contributed by atoms with Crippen molar-refractivity contribution >= 4 is 11.8 Å². The molecule has 3 atom stereocenters. The molecular formula is C19H23N5. The number of hydrogen-bond donors (Lipinski definition) is 1.